The van der Waals surface area contributed by atoms with Gasteiger partial charge in [0.1, 0.15) is 0 Å². The summed E-state index contributed by atoms with van der Waals surface area (Å²) in [6.45, 7) is 3.37. The molecule has 0 aromatic carbocycles. The van der Waals surface area contributed by atoms with Crippen molar-refractivity contribution in [2.45, 2.75) is 6.92 Å². The van der Waals surface area contributed by atoms with Crippen molar-refractivity contribution in [3.63, 3.8) is 0 Å². The first-order valence-corrected chi connectivity index (χ1v) is 4.25. The Morgan fingerprint density at radius 3 is 3.08 bits per heavy atom. The van der Waals surface area contributed by atoms with E-state index in [0.29, 0.717) is 0 Å². The lowest BCUT2D eigenvalue weighted by atomic mass is 10.3. The number of hydrogen-bond donors (Lipinski definition) is 1. The lowest BCUT2D eigenvalue weighted by molar-refractivity contribution is 0.252. The Hall–Kier alpha value is -1.58. The van der Waals surface area contributed by atoms with Gasteiger partial charge in [0, 0.05) is 30.7 Å². The first-order valence-electron chi connectivity index (χ1n) is 4.25. The maximum absolute atomic E-state index is 11.3. The molecule has 1 aliphatic heterocycles. The number of nitrogens with zero attached hydrogens (tertiary/aromatic N) is 2. The quantitative estimate of drug-likeness (QED) is 0.693. The summed E-state index contributed by atoms with van der Waals surface area (Å²) in [5.74, 6) is 0. The van der Waals surface area contributed by atoms with Crippen molar-refractivity contribution in [3.05, 3.63) is 24.0 Å². The smallest absolute Gasteiger partial charge is 0.321 e. The number of urea groups is 1. The van der Waals surface area contributed by atoms with Crippen molar-refractivity contribution in [2.75, 3.05) is 18.0 Å². The van der Waals surface area contributed by atoms with E-state index in [1.807, 2.05) is 19.1 Å². The minimum Gasteiger partial charge on any atom is -0.336 e. The summed E-state index contributed by atoms with van der Waals surface area (Å²) < 4.78 is 0. The third-order valence-corrected chi connectivity index (χ3v) is 2.05. The molecule has 0 radical (unpaired) electrons. The van der Waals surface area contributed by atoms with Crippen molar-refractivity contribution in [3.8, 4) is 0 Å². The Morgan fingerprint density at radius 2 is 2.46 bits per heavy atom. The highest BCUT2D eigenvalue weighted by molar-refractivity contribution is 5.93. The van der Waals surface area contributed by atoms with Crippen LogP contribution in [0.2, 0.25) is 0 Å². The van der Waals surface area contributed by atoms with E-state index in [0.717, 1.165) is 24.5 Å². The molecule has 1 N–H and O–H groups in total. The predicted octanol–water partition coefficient (Wildman–Crippen LogP) is 0.920. The molecule has 0 unspecified atom stereocenters. The summed E-state index contributed by atoms with van der Waals surface area (Å²) in [6, 6.07) is 3.73. The molecule has 0 bridgehead atoms. The van der Waals surface area contributed by atoms with Crippen LogP contribution in [-0.4, -0.2) is 24.1 Å². The first-order chi connectivity index (χ1) is 6.27. The molecule has 0 spiro atoms. The zero-order valence-electron chi connectivity index (χ0n) is 7.45. The number of hydrogen-bond acceptors (Lipinski definition) is 2. The molecule has 1 aliphatic rings. The van der Waals surface area contributed by atoms with E-state index in [9.17, 15) is 4.79 Å². The highest BCUT2D eigenvalue weighted by Crippen LogP contribution is 2.15. The fraction of sp³-hybridized carbons (Fsp3) is 0.333. The second-order valence-electron chi connectivity index (χ2n) is 3.04. The van der Waals surface area contributed by atoms with Gasteiger partial charge in [-0.05, 0) is 19.1 Å². The van der Waals surface area contributed by atoms with Gasteiger partial charge in [-0.15, -0.1) is 0 Å². The summed E-state index contributed by atoms with van der Waals surface area (Å²) in [7, 11) is 0. The fourth-order valence-electron chi connectivity index (χ4n) is 1.42. The molecule has 2 rings (SSSR count). The average Bonchev–Trinajstić information content (AvgIpc) is 2.51. The Bertz CT molecular complexity index is 337. The number of amides is 2. The molecule has 1 aromatic heterocycles. The molecule has 1 aromatic rings. The van der Waals surface area contributed by atoms with E-state index in [-0.39, 0.29) is 6.03 Å². The van der Waals surface area contributed by atoms with Crippen LogP contribution in [0.25, 0.3) is 0 Å². The minimum absolute atomic E-state index is 0.0226. The van der Waals surface area contributed by atoms with Crippen LogP contribution >= 0.6 is 0 Å². The van der Waals surface area contributed by atoms with E-state index in [1.165, 1.54) is 0 Å². The lowest BCUT2D eigenvalue weighted by Crippen LogP contribution is -2.27. The molecule has 4 nitrogen and oxygen atoms in total. The maximum atomic E-state index is 11.3. The second kappa shape index (κ2) is 3.05. The zero-order chi connectivity index (χ0) is 9.26. The number of carbonyl (C=O) groups excluding carboxylic acids is 1. The maximum Gasteiger partial charge on any atom is 0.321 e. The van der Waals surface area contributed by atoms with Crippen LogP contribution in [0.15, 0.2) is 18.3 Å². The summed E-state index contributed by atoms with van der Waals surface area (Å²) in [6.07, 6.45) is 1.72. The minimum atomic E-state index is -0.0226. The van der Waals surface area contributed by atoms with Crippen molar-refractivity contribution < 1.29 is 4.79 Å². The number of anilines is 1. The Labute approximate surface area is 76.6 Å². The Morgan fingerprint density at radius 1 is 1.62 bits per heavy atom. The molecule has 1 saturated heterocycles. The molecule has 4 heteroatoms. The molecule has 2 heterocycles. The molecular weight excluding hydrogens is 166 g/mol. The van der Waals surface area contributed by atoms with Gasteiger partial charge in [-0.1, -0.05) is 0 Å². The van der Waals surface area contributed by atoms with Crippen LogP contribution in [0.5, 0.6) is 0 Å². The van der Waals surface area contributed by atoms with Crippen molar-refractivity contribution in [2.24, 2.45) is 0 Å². The van der Waals surface area contributed by atoms with Gasteiger partial charge in [0.05, 0.1) is 0 Å². The SMILES string of the molecule is Cc1cc(N2CCNC2=O)ccn1. The van der Waals surface area contributed by atoms with Gasteiger partial charge >= 0.3 is 6.03 Å². The lowest BCUT2D eigenvalue weighted by Gasteiger charge is -2.13. The van der Waals surface area contributed by atoms with E-state index in [2.05, 4.69) is 10.3 Å². The standard InChI is InChI=1S/C9H11N3O/c1-7-6-8(2-3-10-7)12-5-4-11-9(12)13/h2-3,6H,4-5H2,1H3,(H,11,13). The molecular formula is C9H11N3O. The third-order valence-electron chi connectivity index (χ3n) is 2.05. The van der Waals surface area contributed by atoms with Crippen molar-refractivity contribution >= 4 is 11.7 Å². The molecule has 0 aliphatic carbocycles. The number of rotatable bonds is 1. The summed E-state index contributed by atoms with van der Waals surface area (Å²) in [5, 5.41) is 2.75. The summed E-state index contributed by atoms with van der Waals surface area (Å²) in [5.41, 5.74) is 1.85. The normalized spacial score (nSPS) is 16.1. The van der Waals surface area contributed by atoms with Gasteiger partial charge < -0.3 is 5.32 Å². The van der Waals surface area contributed by atoms with Gasteiger partial charge in [0.15, 0.2) is 0 Å². The molecule has 68 valence electrons. The number of pyridine rings is 1. The fourth-order valence-corrected chi connectivity index (χ4v) is 1.42. The summed E-state index contributed by atoms with van der Waals surface area (Å²) in [4.78, 5) is 17.1. The van der Waals surface area contributed by atoms with E-state index < -0.39 is 0 Å². The third kappa shape index (κ3) is 1.47. The van der Waals surface area contributed by atoms with E-state index in [1.54, 1.807) is 11.1 Å². The van der Waals surface area contributed by atoms with Crippen LogP contribution in [0, 0.1) is 6.92 Å². The largest absolute Gasteiger partial charge is 0.336 e. The number of aryl methyl sites for hydroxylation is 1. The molecule has 0 atom stereocenters. The van der Waals surface area contributed by atoms with Crippen molar-refractivity contribution in [1.82, 2.24) is 10.3 Å². The van der Waals surface area contributed by atoms with Crippen LogP contribution in [0.1, 0.15) is 5.69 Å². The van der Waals surface area contributed by atoms with Gasteiger partial charge in [0.25, 0.3) is 0 Å². The molecule has 0 saturated carbocycles. The number of aromatic nitrogens is 1. The van der Waals surface area contributed by atoms with Gasteiger partial charge in [-0.2, -0.15) is 0 Å². The van der Waals surface area contributed by atoms with Crippen LogP contribution in [0.4, 0.5) is 10.5 Å². The zero-order valence-corrected chi connectivity index (χ0v) is 7.45. The Balaban J connectivity index is 2.29. The van der Waals surface area contributed by atoms with Crippen LogP contribution in [-0.2, 0) is 0 Å². The monoisotopic (exact) mass is 177 g/mol. The highest BCUT2D eigenvalue weighted by atomic mass is 16.2. The molecule has 2 amide bonds. The van der Waals surface area contributed by atoms with Crippen LogP contribution in [0.3, 0.4) is 0 Å². The van der Waals surface area contributed by atoms with Gasteiger partial charge in [-0.25, -0.2) is 4.79 Å². The van der Waals surface area contributed by atoms with E-state index in [4.69, 9.17) is 0 Å². The average molecular weight is 177 g/mol. The number of carbonyl (C=O) groups is 1. The highest BCUT2D eigenvalue weighted by Gasteiger charge is 2.20. The van der Waals surface area contributed by atoms with Gasteiger partial charge in [0.2, 0.25) is 0 Å². The van der Waals surface area contributed by atoms with Crippen molar-refractivity contribution in [1.29, 1.82) is 0 Å². The number of nitrogens with one attached hydrogen (secondary N) is 1. The molecule has 13 heavy (non-hydrogen) atoms. The predicted molar refractivity (Wildman–Crippen MR) is 49.7 cm³/mol. The second-order valence-corrected chi connectivity index (χ2v) is 3.04. The van der Waals surface area contributed by atoms with Crippen LogP contribution < -0.4 is 10.2 Å². The first kappa shape index (κ1) is 8.04. The summed E-state index contributed by atoms with van der Waals surface area (Å²) >= 11 is 0. The molecule has 1 fully saturated rings. The van der Waals surface area contributed by atoms with Gasteiger partial charge in [-0.3, -0.25) is 9.88 Å². The topological polar surface area (TPSA) is 45.2 Å². The Kier molecular flexibility index (Phi) is 1.88. The van der Waals surface area contributed by atoms with E-state index >= 15 is 0 Å².